The number of thiazole rings is 1. The first kappa shape index (κ1) is 14.8. The number of nitrogens with zero attached hydrogens (tertiary/aromatic N) is 3. The van der Waals surface area contributed by atoms with Crippen LogP contribution < -0.4 is 10.6 Å². The Kier molecular flexibility index (Phi) is 3.68. The highest BCUT2D eigenvalue weighted by Gasteiger charge is 2.32. The summed E-state index contributed by atoms with van der Waals surface area (Å²) in [5.74, 6) is 0.0339. The molecule has 0 aromatic carbocycles. The van der Waals surface area contributed by atoms with Gasteiger partial charge in [0.25, 0.3) is 10.0 Å². The van der Waals surface area contributed by atoms with Crippen molar-refractivity contribution in [1.82, 2.24) is 19.2 Å². The van der Waals surface area contributed by atoms with Crippen molar-refractivity contribution >= 4 is 32.1 Å². The van der Waals surface area contributed by atoms with Crippen molar-refractivity contribution in [3.05, 3.63) is 11.6 Å². The smallest absolute Gasteiger partial charge is 0.273 e. The minimum atomic E-state index is -3.75. The van der Waals surface area contributed by atoms with E-state index in [2.05, 4.69) is 9.82 Å². The molecule has 0 aliphatic carbocycles. The maximum absolute atomic E-state index is 12.7. The highest BCUT2D eigenvalue weighted by Crippen LogP contribution is 2.26. The monoisotopic (exact) mass is 329 g/mol. The number of anilines is 1. The minimum Gasteiger partial charge on any atom is -0.381 e. The third kappa shape index (κ3) is 2.54. The fourth-order valence-corrected chi connectivity index (χ4v) is 5.06. The zero-order valence-electron chi connectivity index (χ0n) is 12.0. The lowest BCUT2D eigenvalue weighted by Crippen LogP contribution is -2.54. The Morgan fingerprint density at radius 3 is 2.71 bits per heavy atom. The van der Waals surface area contributed by atoms with Crippen LogP contribution in [0.1, 0.15) is 33.1 Å². The van der Waals surface area contributed by atoms with Crippen molar-refractivity contribution in [2.45, 2.75) is 50.2 Å². The molecule has 2 unspecified atom stereocenters. The van der Waals surface area contributed by atoms with Gasteiger partial charge in [-0.25, -0.2) is 18.4 Å². The SMILES string of the molecule is CC1CCCC(C)N1NS(=O)(=O)c1c(N)nc2sccn12. The molecule has 0 radical (unpaired) electrons. The van der Waals surface area contributed by atoms with Gasteiger partial charge in [-0.1, -0.05) is 6.42 Å². The molecule has 1 aliphatic rings. The number of nitrogen functional groups attached to an aromatic ring is 1. The zero-order chi connectivity index (χ0) is 15.2. The van der Waals surface area contributed by atoms with E-state index < -0.39 is 10.0 Å². The zero-order valence-corrected chi connectivity index (χ0v) is 13.6. The van der Waals surface area contributed by atoms with Crippen molar-refractivity contribution in [2.75, 3.05) is 5.73 Å². The van der Waals surface area contributed by atoms with Crippen LogP contribution in [-0.2, 0) is 10.0 Å². The quantitative estimate of drug-likeness (QED) is 0.889. The van der Waals surface area contributed by atoms with Crippen LogP contribution >= 0.6 is 11.3 Å². The largest absolute Gasteiger partial charge is 0.381 e. The number of sulfonamides is 1. The number of hydrogen-bond acceptors (Lipinski definition) is 6. The van der Waals surface area contributed by atoms with E-state index in [1.807, 2.05) is 18.9 Å². The molecule has 3 heterocycles. The molecule has 1 saturated heterocycles. The Morgan fingerprint density at radius 2 is 2.05 bits per heavy atom. The van der Waals surface area contributed by atoms with Crippen molar-refractivity contribution in [3.8, 4) is 0 Å². The molecule has 9 heteroatoms. The van der Waals surface area contributed by atoms with Crippen LogP contribution in [-0.4, -0.2) is 34.9 Å². The topological polar surface area (TPSA) is 92.7 Å². The number of rotatable bonds is 3. The first-order valence-corrected chi connectivity index (χ1v) is 9.28. The standard InChI is InChI=1S/C12H19N5O2S2/c1-8-4-3-5-9(2)17(8)15-21(18,19)11-10(13)14-12-16(11)6-7-20-12/h6-9,15H,3-5,13H2,1-2H3. The molecule has 1 fully saturated rings. The molecule has 3 rings (SSSR count). The fourth-order valence-electron chi connectivity index (χ4n) is 2.83. The summed E-state index contributed by atoms with van der Waals surface area (Å²) < 4.78 is 26.9. The molecule has 0 spiro atoms. The van der Waals surface area contributed by atoms with Crippen molar-refractivity contribution in [1.29, 1.82) is 0 Å². The molecule has 0 bridgehead atoms. The number of nitrogens with one attached hydrogen (secondary N) is 1. The molecule has 3 N–H and O–H groups in total. The Labute approximate surface area is 127 Å². The molecular weight excluding hydrogens is 310 g/mol. The Morgan fingerprint density at radius 1 is 1.38 bits per heavy atom. The summed E-state index contributed by atoms with van der Waals surface area (Å²) in [5, 5.41) is 3.61. The Hall–Kier alpha value is -1.16. The van der Waals surface area contributed by atoms with Gasteiger partial charge in [0, 0.05) is 23.7 Å². The lowest BCUT2D eigenvalue weighted by atomic mass is 10.0. The molecule has 2 aromatic heterocycles. The summed E-state index contributed by atoms with van der Waals surface area (Å²) in [5.41, 5.74) is 5.80. The van der Waals surface area contributed by atoms with E-state index >= 15 is 0 Å². The lowest BCUT2D eigenvalue weighted by molar-refractivity contribution is 0.0789. The maximum Gasteiger partial charge on any atom is 0.273 e. The van der Waals surface area contributed by atoms with Gasteiger partial charge in [-0.2, -0.15) is 0 Å². The van der Waals surface area contributed by atoms with Crippen molar-refractivity contribution < 1.29 is 8.42 Å². The van der Waals surface area contributed by atoms with Gasteiger partial charge >= 0.3 is 0 Å². The van der Waals surface area contributed by atoms with Crippen molar-refractivity contribution in [3.63, 3.8) is 0 Å². The average molecular weight is 329 g/mol. The summed E-state index contributed by atoms with van der Waals surface area (Å²) in [4.78, 5) is 7.36. The van der Waals surface area contributed by atoms with Crippen LogP contribution in [0.3, 0.4) is 0 Å². The van der Waals surface area contributed by atoms with E-state index in [0.29, 0.717) is 4.96 Å². The lowest BCUT2D eigenvalue weighted by Gasteiger charge is -2.38. The second-order valence-corrected chi connectivity index (χ2v) is 7.94. The second-order valence-electron chi connectivity index (χ2n) is 5.49. The number of fused-ring (bicyclic) bond motifs is 1. The van der Waals surface area contributed by atoms with Crippen LogP contribution in [0.15, 0.2) is 16.6 Å². The van der Waals surface area contributed by atoms with E-state index in [1.165, 1.54) is 15.7 Å². The number of nitrogens with two attached hydrogens (primary N) is 1. The van der Waals surface area contributed by atoms with E-state index in [4.69, 9.17) is 5.73 Å². The van der Waals surface area contributed by atoms with Gasteiger partial charge in [-0.05, 0) is 26.7 Å². The maximum atomic E-state index is 12.7. The normalized spacial score (nSPS) is 24.7. The number of hydrogen-bond donors (Lipinski definition) is 2. The Balaban J connectivity index is 1.97. The van der Waals surface area contributed by atoms with Gasteiger partial charge in [-0.15, -0.1) is 16.2 Å². The van der Waals surface area contributed by atoms with E-state index in [0.717, 1.165) is 19.3 Å². The van der Waals surface area contributed by atoms with E-state index in [1.54, 1.807) is 11.6 Å². The van der Waals surface area contributed by atoms with Gasteiger partial charge in [0.15, 0.2) is 10.8 Å². The number of imidazole rings is 1. The molecular formula is C12H19N5O2S2. The Bertz CT molecular complexity index is 741. The van der Waals surface area contributed by atoms with Gasteiger partial charge < -0.3 is 5.73 Å². The molecule has 0 saturated carbocycles. The molecule has 1 aliphatic heterocycles. The fraction of sp³-hybridized carbons (Fsp3) is 0.583. The molecule has 0 amide bonds. The first-order chi connectivity index (χ1) is 9.90. The molecule has 2 atom stereocenters. The summed E-state index contributed by atoms with van der Waals surface area (Å²) in [6.07, 6.45) is 4.73. The van der Waals surface area contributed by atoms with Crippen LogP contribution in [0.4, 0.5) is 5.82 Å². The highest BCUT2D eigenvalue weighted by molar-refractivity contribution is 7.89. The van der Waals surface area contributed by atoms with Crippen LogP contribution in [0.2, 0.25) is 0 Å². The average Bonchev–Trinajstić information content (AvgIpc) is 2.93. The second kappa shape index (κ2) is 5.24. The predicted molar refractivity (Wildman–Crippen MR) is 82.4 cm³/mol. The van der Waals surface area contributed by atoms with Gasteiger partial charge in [0.2, 0.25) is 5.03 Å². The first-order valence-electron chi connectivity index (χ1n) is 6.92. The highest BCUT2D eigenvalue weighted by atomic mass is 32.2. The number of piperidine rings is 1. The van der Waals surface area contributed by atoms with Gasteiger partial charge in [0.05, 0.1) is 0 Å². The van der Waals surface area contributed by atoms with Crippen LogP contribution in [0.5, 0.6) is 0 Å². The minimum absolute atomic E-state index is 0.0173. The molecule has 21 heavy (non-hydrogen) atoms. The van der Waals surface area contributed by atoms with Crippen LogP contribution in [0.25, 0.3) is 4.96 Å². The summed E-state index contributed by atoms with van der Waals surface area (Å²) >= 11 is 1.35. The summed E-state index contributed by atoms with van der Waals surface area (Å²) in [6.45, 7) is 4.05. The van der Waals surface area contributed by atoms with Crippen LogP contribution in [0, 0.1) is 0 Å². The van der Waals surface area contributed by atoms with Gasteiger partial charge in [0.1, 0.15) is 0 Å². The van der Waals surface area contributed by atoms with E-state index in [-0.39, 0.29) is 22.9 Å². The van der Waals surface area contributed by atoms with Crippen molar-refractivity contribution in [2.24, 2.45) is 0 Å². The third-order valence-corrected chi connectivity index (χ3v) is 6.04. The third-order valence-electron chi connectivity index (χ3n) is 3.92. The summed E-state index contributed by atoms with van der Waals surface area (Å²) in [6, 6.07) is 0.325. The molecule has 7 nitrogen and oxygen atoms in total. The molecule has 2 aromatic rings. The number of aromatic nitrogens is 2. The van der Waals surface area contributed by atoms with Gasteiger partial charge in [-0.3, -0.25) is 4.40 Å². The number of hydrazine groups is 1. The van der Waals surface area contributed by atoms with E-state index in [9.17, 15) is 8.42 Å². The molecule has 116 valence electrons. The summed E-state index contributed by atoms with van der Waals surface area (Å²) in [7, 11) is -3.75. The predicted octanol–water partition coefficient (Wildman–Crippen LogP) is 1.43.